The smallest absolute Gasteiger partial charge is 0.0726 e. The van der Waals surface area contributed by atoms with Gasteiger partial charge in [-0.15, -0.1) is 0 Å². The first kappa shape index (κ1) is 11.1. The second-order valence-electron chi connectivity index (χ2n) is 3.14. The molecule has 0 spiro atoms. The van der Waals surface area contributed by atoms with Gasteiger partial charge in [-0.2, -0.15) is 0 Å². The quantitative estimate of drug-likeness (QED) is 0.725. The van der Waals surface area contributed by atoms with Crippen LogP contribution in [0.3, 0.4) is 0 Å². The van der Waals surface area contributed by atoms with Crippen molar-refractivity contribution in [3.8, 4) is 0 Å². The zero-order valence-electron chi connectivity index (χ0n) is 8.56. The summed E-state index contributed by atoms with van der Waals surface area (Å²) in [7, 11) is 0. The Labute approximate surface area is 84.6 Å². The Morgan fingerprint density at radius 3 is 2.86 bits per heavy atom. The second kappa shape index (κ2) is 6.45. The average Bonchev–Trinajstić information content (AvgIpc) is 2.25. The second-order valence-corrected chi connectivity index (χ2v) is 3.14. The molecule has 0 fully saturated rings. The fourth-order valence-electron chi connectivity index (χ4n) is 1.28. The highest BCUT2D eigenvalue weighted by atomic mass is 16.3. The minimum absolute atomic E-state index is 0.247. The summed E-state index contributed by atoms with van der Waals surface area (Å²) in [6, 6.07) is 0. The van der Waals surface area contributed by atoms with Gasteiger partial charge < -0.3 is 5.11 Å². The van der Waals surface area contributed by atoms with E-state index in [1.807, 2.05) is 0 Å². The topological polar surface area (TPSA) is 49.2 Å². The minimum Gasteiger partial charge on any atom is -0.396 e. The van der Waals surface area contributed by atoms with Crippen LogP contribution in [-0.4, -0.2) is 39.7 Å². The van der Waals surface area contributed by atoms with Crippen LogP contribution in [0.5, 0.6) is 0 Å². The third kappa shape index (κ3) is 3.81. The highest BCUT2D eigenvalue weighted by Crippen LogP contribution is 1.99. The van der Waals surface area contributed by atoms with Gasteiger partial charge in [-0.3, -0.25) is 14.9 Å². The SMILES string of the molecule is CCN(CCCO)Cc1cnccn1. The molecule has 14 heavy (non-hydrogen) atoms. The van der Waals surface area contributed by atoms with Gasteiger partial charge in [0.2, 0.25) is 0 Å². The largest absolute Gasteiger partial charge is 0.396 e. The van der Waals surface area contributed by atoms with Crippen LogP contribution in [-0.2, 0) is 6.54 Å². The van der Waals surface area contributed by atoms with Gasteiger partial charge in [0.05, 0.1) is 5.69 Å². The summed E-state index contributed by atoms with van der Waals surface area (Å²) in [5.74, 6) is 0. The van der Waals surface area contributed by atoms with Crippen molar-refractivity contribution >= 4 is 0 Å². The number of hydrogen-bond acceptors (Lipinski definition) is 4. The van der Waals surface area contributed by atoms with E-state index in [2.05, 4.69) is 21.8 Å². The Hall–Kier alpha value is -1.00. The normalized spacial score (nSPS) is 10.8. The summed E-state index contributed by atoms with van der Waals surface area (Å²) in [6.45, 7) is 5.04. The van der Waals surface area contributed by atoms with Gasteiger partial charge in [0.15, 0.2) is 0 Å². The van der Waals surface area contributed by atoms with E-state index in [1.54, 1.807) is 18.6 Å². The first-order valence-corrected chi connectivity index (χ1v) is 4.95. The molecule has 1 N–H and O–H groups in total. The Morgan fingerprint density at radius 2 is 2.29 bits per heavy atom. The lowest BCUT2D eigenvalue weighted by Gasteiger charge is -2.18. The molecule has 0 atom stereocenters. The molecule has 0 saturated carbocycles. The molecule has 1 aromatic heterocycles. The molecule has 1 heterocycles. The van der Waals surface area contributed by atoms with Crippen LogP contribution in [0.25, 0.3) is 0 Å². The van der Waals surface area contributed by atoms with Crippen LogP contribution in [0.2, 0.25) is 0 Å². The van der Waals surface area contributed by atoms with Crippen molar-refractivity contribution < 1.29 is 5.11 Å². The Balaban J connectivity index is 2.40. The Kier molecular flexibility index (Phi) is 5.11. The van der Waals surface area contributed by atoms with Gasteiger partial charge in [0.25, 0.3) is 0 Å². The molecule has 78 valence electrons. The van der Waals surface area contributed by atoms with Crippen molar-refractivity contribution in [3.05, 3.63) is 24.3 Å². The minimum atomic E-state index is 0.247. The van der Waals surface area contributed by atoms with E-state index in [0.717, 1.165) is 31.7 Å². The van der Waals surface area contributed by atoms with E-state index >= 15 is 0 Å². The molecule has 0 bridgehead atoms. The van der Waals surface area contributed by atoms with Gasteiger partial charge in [0, 0.05) is 38.3 Å². The number of rotatable bonds is 6. The zero-order valence-corrected chi connectivity index (χ0v) is 8.56. The van der Waals surface area contributed by atoms with Crippen molar-refractivity contribution in [2.75, 3.05) is 19.7 Å². The molecule has 0 unspecified atom stereocenters. The molecular formula is C10H17N3O. The predicted octanol–water partition coefficient (Wildman–Crippen LogP) is 0.681. The molecule has 0 aliphatic rings. The number of nitrogens with zero attached hydrogens (tertiary/aromatic N) is 3. The van der Waals surface area contributed by atoms with Gasteiger partial charge in [-0.1, -0.05) is 6.92 Å². The fourth-order valence-corrected chi connectivity index (χ4v) is 1.28. The van der Waals surface area contributed by atoms with Crippen molar-refractivity contribution in [2.45, 2.75) is 19.9 Å². The maximum Gasteiger partial charge on any atom is 0.0726 e. The summed E-state index contributed by atoms with van der Waals surface area (Å²) in [6.07, 6.45) is 5.97. The molecule has 0 radical (unpaired) electrons. The molecule has 0 aliphatic heterocycles. The van der Waals surface area contributed by atoms with Crippen LogP contribution >= 0.6 is 0 Å². The van der Waals surface area contributed by atoms with Crippen LogP contribution in [0, 0.1) is 0 Å². The third-order valence-electron chi connectivity index (χ3n) is 2.08. The lowest BCUT2D eigenvalue weighted by molar-refractivity contribution is 0.223. The van der Waals surface area contributed by atoms with Gasteiger partial charge in [0.1, 0.15) is 0 Å². The fraction of sp³-hybridized carbons (Fsp3) is 0.600. The molecular weight excluding hydrogens is 178 g/mol. The first-order chi connectivity index (χ1) is 6.86. The maximum atomic E-state index is 8.72. The van der Waals surface area contributed by atoms with E-state index in [0.29, 0.717) is 0 Å². The van der Waals surface area contributed by atoms with E-state index < -0.39 is 0 Å². The maximum absolute atomic E-state index is 8.72. The number of hydrogen-bond donors (Lipinski definition) is 1. The first-order valence-electron chi connectivity index (χ1n) is 4.95. The predicted molar refractivity (Wildman–Crippen MR) is 54.7 cm³/mol. The van der Waals surface area contributed by atoms with Crippen LogP contribution < -0.4 is 0 Å². The van der Waals surface area contributed by atoms with Crippen molar-refractivity contribution in [3.63, 3.8) is 0 Å². The van der Waals surface area contributed by atoms with Crippen LogP contribution in [0.15, 0.2) is 18.6 Å². The Bertz CT molecular complexity index is 240. The number of aliphatic hydroxyl groups is 1. The van der Waals surface area contributed by atoms with Crippen molar-refractivity contribution in [1.82, 2.24) is 14.9 Å². The molecule has 4 nitrogen and oxygen atoms in total. The molecule has 1 rings (SSSR count). The summed E-state index contributed by atoms with van der Waals surface area (Å²) in [5.41, 5.74) is 0.979. The number of aliphatic hydroxyl groups excluding tert-OH is 1. The monoisotopic (exact) mass is 195 g/mol. The molecule has 0 aromatic carbocycles. The third-order valence-corrected chi connectivity index (χ3v) is 2.08. The van der Waals surface area contributed by atoms with E-state index in [4.69, 9.17) is 5.11 Å². The zero-order chi connectivity index (χ0) is 10.2. The molecule has 0 saturated heterocycles. The van der Waals surface area contributed by atoms with Gasteiger partial charge in [-0.25, -0.2) is 0 Å². The van der Waals surface area contributed by atoms with E-state index in [1.165, 1.54) is 0 Å². The lowest BCUT2D eigenvalue weighted by Crippen LogP contribution is -2.25. The highest BCUT2D eigenvalue weighted by Gasteiger charge is 2.03. The molecule has 4 heteroatoms. The summed E-state index contributed by atoms with van der Waals surface area (Å²) in [4.78, 5) is 10.5. The van der Waals surface area contributed by atoms with Crippen molar-refractivity contribution in [1.29, 1.82) is 0 Å². The van der Waals surface area contributed by atoms with Crippen LogP contribution in [0.4, 0.5) is 0 Å². The number of aromatic nitrogens is 2. The summed E-state index contributed by atoms with van der Waals surface area (Å²) >= 11 is 0. The highest BCUT2D eigenvalue weighted by molar-refractivity contribution is 4.94. The lowest BCUT2D eigenvalue weighted by atomic mass is 10.3. The molecule has 0 aliphatic carbocycles. The summed E-state index contributed by atoms with van der Waals surface area (Å²) in [5, 5.41) is 8.72. The van der Waals surface area contributed by atoms with E-state index in [9.17, 15) is 0 Å². The van der Waals surface area contributed by atoms with Crippen LogP contribution in [0.1, 0.15) is 19.0 Å². The molecule has 0 amide bonds. The summed E-state index contributed by atoms with van der Waals surface area (Å²) < 4.78 is 0. The van der Waals surface area contributed by atoms with Gasteiger partial charge in [-0.05, 0) is 13.0 Å². The van der Waals surface area contributed by atoms with Gasteiger partial charge >= 0.3 is 0 Å². The molecule has 1 aromatic rings. The van der Waals surface area contributed by atoms with E-state index in [-0.39, 0.29) is 6.61 Å². The Morgan fingerprint density at radius 1 is 1.43 bits per heavy atom. The van der Waals surface area contributed by atoms with Crippen molar-refractivity contribution in [2.24, 2.45) is 0 Å². The average molecular weight is 195 g/mol. The standard InChI is InChI=1S/C10H17N3O/c1-2-13(6-3-7-14)9-10-8-11-4-5-12-10/h4-5,8,14H,2-3,6-7,9H2,1H3.